The van der Waals surface area contributed by atoms with Crippen molar-refractivity contribution in [3.63, 3.8) is 0 Å². The van der Waals surface area contributed by atoms with Crippen molar-refractivity contribution in [1.29, 1.82) is 0 Å². The average molecular weight is 425 g/mol. The molecule has 1 aliphatic carbocycles. The molecule has 1 aliphatic rings. The third-order valence-electron chi connectivity index (χ3n) is 4.27. The largest absolute Gasteiger partial charge is 0.309 e. The first-order valence-electron chi connectivity index (χ1n) is 8.03. The first kappa shape index (κ1) is 18.0. The second-order valence-electron chi connectivity index (χ2n) is 5.95. The van der Waals surface area contributed by atoms with Crippen LogP contribution in [0.5, 0.6) is 0 Å². The van der Waals surface area contributed by atoms with Gasteiger partial charge in [0.2, 0.25) is 5.91 Å². The second-order valence-corrected chi connectivity index (χ2v) is 8.78. The molecule has 0 radical (unpaired) electrons. The van der Waals surface area contributed by atoms with Crippen LogP contribution in [-0.2, 0) is 17.6 Å². The van der Waals surface area contributed by atoms with Crippen molar-refractivity contribution >= 4 is 68.2 Å². The van der Waals surface area contributed by atoms with Crippen LogP contribution in [0.4, 0.5) is 5.82 Å². The lowest BCUT2D eigenvalue weighted by Crippen LogP contribution is -2.15. The number of amides is 1. The molecular weight excluding hydrogens is 411 g/mol. The molecule has 26 heavy (non-hydrogen) atoms. The quantitative estimate of drug-likeness (QED) is 0.475. The van der Waals surface area contributed by atoms with Crippen LogP contribution in [0.1, 0.15) is 22.4 Å². The highest BCUT2D eigenvalue weighted by atomic mass is 35.5. The topological polar surface area (TPSA) is 67.8 Å². The number of hydrogen-bond acceptors (Lipinski definition) is 6. The first-order chi connectivity index (χ1) is 12.5. The summed E-state index contributed by atoms with van der Waals surface area (Å²) in [4.78, 5) is 27.6. The Balaban J connectivity index is 1.50. The van der Waals surface area contributed by atoms with E-state index in [1.54, 1.807) is 24.6 Å². The first-order valence-corrected chi connectivity index (χ1v) is 10.6. The smallest absolute Gasteiger partial charge is 0.235 e. The van der Waals surface area contributed by atoms with Crippen molar-refractivity contribution in [2.75, 3.05) is 11.1 Å². The Morgan fingerprint density at radius 3 is 3.00 bits per heavy atom. The molecule has 134 valence electrons. The van der Waals surface area contributed by atoms with E-state index in [4.69, 9.17) is 23.2 Å². The monoisotopic (exact) mass is 424 g/mol. The lowest BCUT2D eigenvalue weighted by Gasteiger charge is -2.09. The molecule has 0 aromatic carbocycles. The Bertz CT molecular complexity index is 1020. The molecule has 1 amide bonds. The maximum absolute atomic E-state index is 12.3. The molecule has 0 fully saturated rings. The summed E-state index contributed by atoms with van der Waals surface area (Å²) < 4.78 is 0. The number of nitrogens with one attached hydrogen (secondary N) is 1. The average Bonchev–Trinajstić information content (AvgIpc) is 3.21. The van der Waals surface area contributed by atoms with Gasteiger partial charge in [-0.25, -0.2) is 15.0 Å². The van der Waals surface area contributed by atoms with Crippen LogP contribution in [0.2, 0.25) is 10.0 Å². The van der Waals surface area contributed by atoms with Crippen molar-refractivity contribution in [2.24, 2.45) is 0 Å². The van der Waals surface area contributed by atoms with Gasteiger partial charge in [-0.3, -0.25) is 4.79 Å². The van der Waals surface area contributed by atoms with Gasteiger partial charge >= 0.3 is 0 Å². The molecule has 0 saturated carbocycles. The zero-order valence-electron chi connectivity index (χ0n) is 13.8. The van der Waals surface area contributed by atoms with E-state index in [0.717, 1.165) is 28.1 Å². The minimum absolute atomic E-state index is 0.190. The summed E-state index contributed by atoms with van der Waals surface area (Å²) in [6.45, 7) is 1.78. The highest BCUT2D eigenvalue weighted by Gasteiger charge is 2.22. The minimum Gasteiger partial charge on any atom is -0.309 e. The number of pyridine rings is 1. The van der Waals surface area contributed by atoms with E-state index in [1.807, 2.05) is 0 Å². The Hall–Kier alpha value is -1.41. The van der Waals surface area contributed by atoms with Gasteiger partial charge in [0.1, 0.15) is 16.2 Å². The number of carbonyl (C=O) groups excluding carboxylic acids is 1. The van der Waals surface area contributed by atoms with E-state index in [1.165, 1.54) is 34.8 Å². The molecule has 3 aromatic heterocycles. The molecule has 5 nitrogen and oxygen atoms in total. The zero-order valence-corrected chi connectivity index (χ0v) is 17.0. The third-order valence-corrected chi connectivity index (χ3v) is 7.30. The maximum Gasteiger partial charge on any atom is 0.235 e. The summed E-state index contributed by atoms with van der Waals surface area (Å²) >= 11 is 15.3. The maximum atomic E-state index is 12.3. The van der Waals surface area contributed by atoms with E-state index in [-0.39, 0.29) is 11.7 Å². The van der Waals surface area contributed by atoms with Crippen LogP contribution in [0.15, 0.2) is 17.6 Å². The fourth-order valence-corrected chi connectivity index (χ4v) is 5.46. The van der Waals surface area contributed by atoms with Crippen LogP contribution < -0.4 is 5.32 Å². The van der Waals surface area contributed by atoms with Gasteiger partial charge < -0.3 is 5.32 Å². The standard InChI is InChI=1S/C17H14Cl2N4OS2/c1-8-10(18)5-20-15(14(8)19)23-12(24)6-25-16-13-9-3-2-4-11(9)26-17(13)22-7-21-16/h5,7H,2-4,6H2,1H3,(H,20,23,24). The van der Waals surface area contributed by atoms with Crippen LogP contribution in [0.3, 0.4) is 0 Å². The number of thiophene rings is 1. The predicted octanol–water partition coefficient (Wildman–Crippen LogP) is 4.92. The minimum atomic E-state index is -0.190. The fraction of sp³-hybridized carbons (Fsp3) is 0.294. The van der Waals surface area contributed by atoms with Gasteiger partial charge in [-0.05, 0) is 37.3 Å². The molecule has 0 bridgehead atoms. The van der Waals surface area contributed by atoms with E-state index >= 15 is 0 Å². The number of aryl methyl sites for hydroxylation is 2. The lowest BCUT2D eigenvalue weighted by atomic mass is 10.2. The van der Waals surface area contributed by atoms with Gasteiger partial charge in [-0.2, -0.15) is 0 Å². The Kier molecular flexibility index (Phi) is 5.05. The van der Waals surface area contributed by atoms with E-state index in [0.29, 0.717) is 21.4 Å². The number of aromatic nitrogens is 3. The van der Waals surface area contributed by atoms with Gasteiger partial charge in [0.15, 0.2) is 5.82 Å². The number of fused-ring (bicyclic) bond motifs is 3. The molecule has 3 heterocycles. The number of thioether (sulfide) groups is 1. The normalized spacial score (nSPS) is 13.2. The van der Waals surface area contributed by atoms with Gasteiger partial charge in [0, 0.05) is 16.5 Å². The number of halogens is 2. The number of hydrogen-bond donors (Lipinski definition) is 1. The molecule has 1 N–H and O–H groups in total. The Morgan fingerprint density at radius 2 is 2.15 bits per heavy atom. The van der Waals surface area contributed by atoms with Crippen LogP contribution in [-0.4, -0.2) is 26.6 Å². The molecule has 0 saturated heterocycles. The molecule has 0 atom stereocenters. The molecule has 3 aromatic rings. The molecule has 0 unspecified atom stereocenters. The van der Waals surface area contributed by atoms with E-state index in [2.05, 4.69) is 20.3 Å². The SMILES string of the molecule is Cc1c(Cl)cnc(NC(=O)CSc2ncnc3sc4c(c23)CCC4)c1Cl. The van der Waals surface area contributed by atoms with Crippen molar-refractivity contribution in [3.8, 4) is 0 Å². The molecule has 0 aliphatic heterocycles. The Labute approximate surface area is 168 Å². The van der Waals surface area contributed by atoms with E-state index in [9.17, 15) is 4.79 Å². The zero-order chi connectivity index (χ0) is 18.3. The summed E-state index contributed by atoms with van der Waals surface area (Å²) in [5, 5.41) is 5.54. The number of anilines is 1. The van der Waals surface area contributed by atoms with Gasteiger partial charge in [0.05, 0.1) is 15.8 Å². The van der Waals surface area contributed by atoms with Gasteiger partial charge in [-0.15, -0.1) is 11.3 Å². The van der Waals surface area contributed by atoms with E-state index < -0.39 is 0 Å². The van der Waals surface area contributed by atoms with Crippen LogP contribution in [0, 0.1) is 6.92 Å². The molecular formula is C17H14Cl2N4OS2. The number of nitrogens with zero attached hydrogens (tertiary/aromatic N) is 3. The third kappa shape index (κ3) is 3.29. The van der Waals surface area contributed by atoms with Crippen molar-refractivity contribution in [2.45, 2.75) is 31.2 Å². The summed E-state index contributed by atoms with van der Waals surface area (Å²) in [6, 6.07) is 0. The molecule has 0 spiro atoms. The number of rotatable bonds is 4. The van der Waals surface area contributed by atoms with Gasteiger partial charge in [-0.1, -0.05) is 35.0 Å². The molecule has 4 rings (SSSR count). The summed E-state index contributed by atoms with van der Waals surface area (Å²) in [5.41, 5.74) is 2.05. The second kappa shape index (κ2) is 7.31. The summed E-state index contributed by atoms with van der Waals surface area (Å²) in [6.07, 6.45) is 6.40. The molecule has 9 heteroatoms. The summed E-state index contributed by atoms with van der Waals surface area (Å²) in [7, 11) is 0. The van der Waals surface area contributed by atoms with Crippen molar-refractivity contribution < 1.29 is 4.79 Å². The Morgan fingerprint density at radius 1 is 1.31 bits per heavy atom. The highest BCUT2D eigenvalue weighted by molar-refractivity contribution is 8.00. The van der Waals surface area contributed by atoms with Crippen molar-refractivity contribution in [3.05, 3.63) is 38.6 Å². The highest BCUT2D eigenvalue weighted by Crippen LogP contribution is 2.40. The predicted molar refractivity (Wildman–Crippen MR) is 108 cm³/mol. The number of carbonyl (C=O) groups is 1. The van der Waals surface area contributed by atoms with Crippen LogP contribution >= 0.6 is 46.3 Å². The lowest BCUT2D eigenvalue weighted by molar-refractivity contribution is -0.113. The fourth-order valence-electron chi connectivity index (χ4n) is 2.96. The van der Waals surface area contributed by atoms with Crippen LogP contribution in [0.25, 0.3) is 10.2 Å². The van der Waals surface area contributed by atoms with Crippen molar-refractivity contribution in [1.82, 2.24) is 15.0 Å². The summed E-state index contributed by atoms with van der Waals surface area (Å²) in [5.74, 6) is 0.351. The van der Waals surface area contributed by atoms with Gasteiger partial charge in [0.25, 0.3) is 0 Å².